The number of aromatic amines is 1. The maximum atomic E-state index is 11.3. The van der Waals surface area contributed by atoms with Gasteiger partial charge in [0, 0.05) is 23.3 Å². The molecule has 120 valence electrons. The van der Waals surface area contributed by atoms with Gasteiger partial charge in [-0.1, -0.05) is 10.4 Å². The third-order valence-electron chi connectivity index (χ3n) is 3.69. The fourth-order valence-corrected chi connectivity index (χ4v) is 2.54. The molecule has 0 radical (unpaired) electrons. The summed E-state index contributed by atoms with van der Waals surface area (Å²) in [5.74, 6) is -0.814. The molecule has 0 aliphatic carbocycles. The minimum Gasteiger partial charge on any atom is -0.477 e. The van der Waals surface area contributed by atoms with Crippen LogP contribution >= 0.6 is 0 Å². The van der Waals surface area contributed by atoms with Crippen molar-refractivity contribution >= 4 is 17.0 Å². The SMILES string of the molecule is Cc1onc(Cn2cc(-c3cnc4[nH]ccc4c3)nn2)c1C(=O)O. The van der Waals surface area contributed by atoms with E-state index in [0.29, 0.717) is 11.4 Å². The van der Waals surface area contributed by atoms with Gasteiger partial charge in [-0.2, -0.15) is 0 Å². The molecule has 0 spiro atoms. The molecule has 0 aliphatic heterocycles. The van der Waals surface area contributed by atoms with Gasteiger partial charge in [-0.05, 0) is 19.1 Å². The summed E-state index contributed by atoms with van der Waals surface area (Å²) in [5, 5.41) is 22.1. The molecule has 4 rings (SSSR count). The van der Waals surface area contributed by atoms with Crippen LogP contribution in [0.25, 0.3) is 22.3 Å². The van der Waals surface area contributed by atoms with Crippen LogP contribution < -0.4 is 0 Å². The topological polar surface area (TPSA) is 123 Å². The van der Waals surface area contributed by atoms with E-state index in [1.54, 1.807) is 19.3 Å². The fraction of sp³-hybridized carbons (Fsp3) is 0.133. The number of aromatic carboxylic acids is 1. The molecule has 0 saturated heterocycles. The molecule has 24 heavy (non-hydrogen) atoms. The van der Waals surface area contributed by atoms with Crippen molar-refractivity contribution in [3.63, 3.8) is 0 Å². The van der Waals surface area contributed by atoms with Crippen molar-refractivity contribution in [1.29, 1.82) is 0 Å². The van der Waals surface area contributed by atoms with Gasteiger partial charge in [0.1, 0.15) is 28.4 Å². The van der Waals surface area contributed by atoms with Crippen molar-refractivity contribution in [3.8, 4) is 11.3 Å². The lowest BCUT2D eigenvalue weighted by Crippen LogP contribution is -2.07. The zero-order chi connectivity index (χ0) is 16.7. The zero-order valence-corrected chi connectivity index (χ0v) is 12.6. The largest absolute Gasteiger partial charge is 0.477 e. The molecule has 0 saturated carbocycles. The second-order valence-electron chi connectivity index (χ2n) is 5.31. The lowest BCUT2D eigenvalue weighted by atomic mass is 10.2. The summed E-state index contributed by atoms with van der Waals surface area (Å²) >= 11 is 0. The first-order chi connectivity index (χ1) is 11.6. The van der Waals surface area contributed by atoms with Crippen LogP contribution in [0.15, 0.2) is 35.2 Å². The number of carboxylic acid groups (broad SMARTS) is 1. The third-order valence-corrected chi connectivity index (χ3v) is 3.69. The number of nitrogens with one attached hydrogen (secondary N) is 1. The van der Waals surface area contributed by atoms with Crippen molar-refractivity contribution in [1.82, 2.24) is 30.1 Å². The number of carboxylic acids is 1. The van der Waals surface area contributed by atoms with E-state index in [4.69, 9.17) is 4.52 Å². The summed E-state index contributed by atoms with van der Waals surface area (Å²) in [6.45, 7) is 1.72. The Labute approximate surface area is 134 Å². The monoisotopic (exact) mass is 324 g/mol. The van der Waals surface area contributed by atoms with Crippen molar-refractivity contribution in [2.75, 3.05) is 0 Å². The lowest BCUT2D eigenvalue weighted by molar-refractivity contribution is 0.0694. The molecule has 0 atom stereocenters. The van der Waals surface area contributed by atoms with Crippen molar-refractivity contribution in [2.24, 2.45) is 0 Å². The summed E-state index contributed by atoms with van der Waals surface area (Å²) in [6.07, 6.45) is 5.24. The minimum atomic E-state index is -1.08. The number of nitrogens with zero attached hydrogens (tertiary/aromatic N) is 5. The predicted molar refractivity (Wildman–Crippen MR) is 82.4 cm³/mol. The Bertz CT molecular complexity index is 1040. The maximum Gasteiger partial charge on any atom is 0.341 e. The second-order valence-corrected chi connectivity index (χ2v) is 5.31. The Hall–Kier alpha value is -3.49. The molecule has 9 nitrogen and oxygen atoms in total. The first-order valence-corrected chi connectivity index (χ1v) is 7.14. The Morgan fingerprint density at radius 2 is 2.33 bits per heavy atom. The number of fused-ring (bicyclic) bond motifs is 1. The summed E-state index contributed by atoms with van der Waals surface area (Å²) in [4.78, 5) is 18.6. The van der Waals surface area contributed by atoms with Gasteiger partial charge >= 0.3 is 5.97 Å². The maximum absolute atomic E-state index is 11.3. The summed E-state index contributed by atoms with van der Waals surface area (Å²) in [6, 6.07) is 3.88. The Kier molecular flexibility index (Phi) is 3.12. The highest BCUT2D eigenvalue weighted by molar-refractivity contribution is 5.89. The summed E-state index contributed by atoms with van der Waals surface area (Å²) in [5.41, 5.74) is 2.62. The highest BCUT2D eigenvalue weighted by Gasteiger charge is 2.20. The lowest BCUT2D eigenvalue weighted by Gasteiger charge is -1.98. The normalized spacial score (nSPS) is 11.2. The average Bonchev–Trinajstić information content (AvgIpc) is 3.26. The first-order valence-electron chi connectivity index (χ1n) is 7.14. The van der Waals surface area contributed by atoms with Gasteiger partial charge in [-0.25, -0.2) is 14.5 Å². The van der Waals surface area contributed by atoms with Crippen LogP contribution in [0, 0.1) is 6.92 Å². The fourth-order valence-electron chi connectivity index (χ4n) is 2.54. The van der Waals surface area contributed by atoms with Gasteiger partial charge in [0.25, 0.3) is 0 Å². The van der Waals surface area contributed by atoms with E-state index in [1.807, 2.05) is 18.3 Å². The molecule has 9 heteroatoms. The predicted octanol–water partition coefficient (Wildman–Crippen LogP) is 1.86. The average molecular weight is 324 g/mol. The van der Waals surface area contributed by atoms with Crippen LogP contribution in [0.1, 0.15) is 21.8 Å². The molecular weight excluding hydrogens is 312 g/mol. The van der Waals surface area contributed by atoms with Gasteiger partial charge in [0.2, 0.25) is 0 Å². The molecule has 0 fully saturated rings. The third kappa shape index (κ3) is 2.32. The van der Waals surface area contributed by atoms with Gasteiger partial charge in [0.05, 0.1) is 12.7 Å². The van der Waals surface area contributed by atoms with E-state index in [9.17, 15) is 9.90 Å². The molecule has 4 aromatic heterocycles. The van der Waals surface area contributed by atoms with Crippen molar-refractivity contribution < 1.29 is 14.4 Å². The van der Waals surface area contributed by atoms with Gasteiger partial charge < -0.3 is 14.6 Å². The summed E-state index contributed by atoms with van der Waals surface area (Å²) in [7, 11) is 0. The van der Waals surface area contributed by atoms with Gasteiger partial charge in [-0.3, -0.25) is 0 Å². The Balaban J connectivity index is 1.64. The molecule has 4 heterocycles. The number of pyridine rings is 1. The second kappa shape index (κ2) is 5.30. The quantitative estimate of drug-likeness (QED) is 0.587. The van der Waals surface area contributed by atoms with Crippen LogP contribution in [0.2, 0.25) is 0 Å². The van der Waals surface area contributed by atoms with Crippen LogP contribution in [-0.4, -0.2) is 41.2 Å². The van der Waals surface area contributed by atoms with E-state index in [1.165, 1.54) is 4.68 Å². The number of aryl methyl sites for hydroxylation is 1. The number of aromatic nitrogens is 6. The number of hydrogen-bond donors (Lipinski definition) is 2. The Morgan fingerprint density at radius 1 is 1.46 bits per heavy atom. The van der Waals surface area contributed by atoms with E-state index in [2.05, 4.69) is 25.4 Å². The molecular formula is C15H12N6O3. The molecule has 0 aliphatic rings. The van der Waals surface area contributed by atoms with Crippen LogP contribution in [0.4, 0.5) is 0 Å². The van der Waals surface area contributed by atoms with Crippen LogP contribution in [0.3, 0.4) is 0 Å². The Morgan fingerprint density at radius 3 is 3.17 bits per heavy atom. The van der Waals surface area contributed by atoms with Crippen LogP contribution in [-0.2, 0) is 6.54 Å². The molecule has 4 aromatic rings. The number of carbonyl (C=O) groups is 1. The van der Waals surface area contributed by atoms with Crippen LogP contribution in [0.5, 0.6) is 0 Å². The van der Waals surface area contributed by atoms with Crippen molar-refractivity contribution in [3.05, 3.63) is 47.7 Å². The number of rotatable bonds is 4. The first kappa shape index (κ1) is 14.1. The summed E-state index contributed by atoms with van der Waals surface area (Å²) < 4.78 is 6.47. The molecule has 0 aromatic carbocycles. The zero-order valence-electron chi connectivity index (χ0n) is 12.6. The number of H-pyrrole nitrogens is 1. The molecule has 2 N–H and O–H groups in total. The molecule has 0 unspecified atom stereocenters. The highest BCUT2D eigenvalue weighted by atomic mass is 16.5. The van der Waals surface area contributed by atoms with E-state index in [0.717, 1.165) is 16.6 Å². The molecule has 0 amide bonds. The molecule has 0 bridgehead atoms. The van der Waals surface area contributed by atoms with E-state index in [-0.39, 0.29) is 17.9 Å². The smallest absolute Gasteiger partial charge is 0.341 e. The number of hydrogen-bond acceptors (Lipinski definition) is 6. The van der Waals surface area contributed by atoms with Gasteiger partial charge in [0.15, 0.2) is 0 Å². The van der Waals surface area contributed by atoms with Gasteiger partial charge in [-0.15, -0.1) is 5.10 Å². The van der Waals surface area contributed by atoms with Crippen molar-refractivity contribution in [2.45, 2.75) is 13.5 Å². The minimum absolute atomic E-state index is 0.0578. The van der Waals surface area contributed by atoms with E-state index >= 15 is 0 Å². The van der Waals surface area contributed by atoms with E-state index < -0.39 is 5.97 Å². The standard InChI is InChI=1S/C15H12N6O3/c1-8-13(15(22)23)12(19-24-8)7-21-6-11(18-20-21)10-4-9-2-3-16-14(9)17-5-10/h2-6H,7H2,1H3,(H,16,17)(H,22,23). The highest BCUT2D eigenvalue weighted by Crippen LogP contribution is 2.21.